The van der Waals surface area contributed by atoms with Gasteiger partial charge in [-0.2, -0.15) is 0 Å². The van der Waals surface area contributed by atoms with Gasteiger partial charge in [0.1, 0.15) is 6.10 Å². The van der Waals surface area contributed by atoms with Gasteiger partial charge >= 0.3 is 5.97 Å². The van der Waals surface area contributed by atoms with Crippen LogP contribution in [0.1, 0.15) is 57.1 Å². The fourth-order valence-corrected chi connectivity index (χ4v) is 3.10. The molecule has 0 spiro atoms. The zero-order valence-corrected chi connectivity index (χ0v) is 18.9. The van der Waals surface area contributed by atoms with Crippen molar-refractivity contribution >= 4 is 17.8 Å². The van der Waals surface area contributed by atoms with Gasteiger partial charge in [-0.15, -0.1) is 13.2 Å². The molecule has 7 heteroatoms. The second-order valence-corrected chi connectivity index (χ2v) is 7.75. The maximum atomic E-state index is 12.8. The zero-order chi connectivity index (χ0) is 23.8. The number of amides is 2. The molecule has 32 heavy (non-hydrogen) atoms. The molecule has 3 atom stereocenters. The summed E-state index contributed by atoms with van der Waals surface area (Å²) in [7, 11) is 0. The standard InChI is InChI=1S/C25H36N2O5/c1-4-6-7-11-15-24(30)32-22(20-13-9-8-10-14-20)17-26-25(31)21(12-5-2)16-23(29)27-19(3)18-28/h4-5,8-10,13-14,19,21-22,28H,1-2,6-7,11-12,15-18H2,3H3,(H,26,31)(H,27,29)/t19-,21+,22-/m0/s1. The SMILES string of the molecule is C=CCCCCC(=O)O[C@@H](CNC(=O)[C@H](CC=C)CC(=O)N[C@@H](C)CO)c1ccccc1. The summed E-state index contributed by atoms with van der Waals surface area (Å²) in [6.07, 6.45) is 5.80. The van der Waals surface area contributed by atoms with E-state index in [1.54, 1.807) is 13.0 Å². The van der Waals surface area contributed by atoms with Crippen molar-refractivity contribution in [2.24, 2.45) is 5.92 Å². The zero-order valence-electron chi connectivity index (χ0n) is 18.9. The summed E-state index contributed by atoms with van der Waals surface area (Å²) in [5.74, 6) is -1.57. The predicted molar refractivity (Wildman–Crippen MR) is 125 cm³/mol. The molecular formula is C25H36N2O5. The molecule has 0 aliphatic heterocycles. The van der Waals surface area contributed by atoms with Crippen molar-refractivity contribution in [3.05, 3.63) is 61.2 Å². The average molecular weight is 445 g/mol. The molecule has 176 valence electrons. The molecule has 0 saturated heterocycles. The van der Waals surface area contributed by atoms with Gasteiger partial charge in [0.05, 0.1) is 19.1 Å². The molecule has 7 nitrogen and oxygen atoms in total. The Morgan fingerprint density at radius 1 is 1.12 bits per heavy atom. The monoisotopic (exact) mass is 444 g/mol. The third-order valence-corrected chi connectivity index (χ3v) is 4.88. The first kappa shape index (κ1) is 27.1. The van der Waals surface area contributed by atoms with E-state index < -0.39 is 12.0 Å². The molecule has 0 bridgehead atoms. The van der Waals surface area contributed by atoms with Gasteiger partial charge in [-0.1, -0.05) is 42.5 Å². The van der Waals surface area contributed by atoms with Gasteiger partial charge in [-0.25, -0.2) is 0 Å². The number of unbranched alkanes of at least 4 members (excludes halogenated alkanes) is 2. The van der Waals surface area contributed by atoms with Crippen molar-refractivity contribution in [3.63, 3.8) is 0 Å². The first-order valence-electron chi connectivity index (χ1n) is 11.0. The topological polar surface area (TPSA) is 105 Å². The summed E-state index contributed by atoms with van der Waals surface area (Å²) in [4.78, 5) is 37.2. The highest BCUT2D eigenvalue weighted by Gasteiger charge is 2.24. The Morgan fingerprint density at radius 2 is 1.84 bits per heavy atom. The lowest BCUT2D eigenvalue weighted by Gasteiger charge is -2.21. The summed E-state index contributed by atoms with van der Waals surface area (Å²) < 4.78 is 5.65. The van der Waals surface area contributed by atoms with Crippen molar-refractivity contribution in [2.75, 3.05) is 13.2 Å². The minimum atomic E-state index is -0.625. The quantitative estimate of drug-likeness (QED) is 0.206. The molecule has 0 aromatic heterocycles. The first-order chi connectivity index (χ1) is 15.4. The normalized spacial score (nSPS) is 13.3. The smallest absolute Gasteiger partial charge is 0.306 e. The van der Waals surface area contributed by atoms with Gasteiger partial charge < -0.3 is 20.5 Å². The number of allylic oxidation sites excluding steroid dienone is 2. The highest BCUT2D eigenvalue weighted by molar-refractivity contribution is 5.86. The summed E-state index contributed by atoms with van der Waals surface area (Å²) in [5, 5.41) is 14.5. The summed E-state index contributed by atoms with van der Waals surface area (Å²) in [5.41, 5.74) is 0.780. The number of esters is 1. The highest BCUT2D eigenvalue weighted by atomic mass is 16.5. The Balaban J connectivity index is 2.73. The number of carbonyl (C=O) groups excluding carboxylic acids is 3. The third kappa shape index (κ3) is 10.9. The molecule has 0 radical (unpaired) electrons. The van der Waals surface area contributed by atoms with Crippen LogP contribution in [0.5, 0.6) is 0 Å². The Morgan fingerprint density at radius 3 is 2.47 bits per heavy atom. The number of hydrogen-bond acceptors (Lipinski definition) is 5. The van der Waals surface area contributed by atoms with Gasteiger partial charge in [-0.05, 0) is 38.2 Å². The van der Waals surface area contributed by atoms with Crippen LogP contribution in [0.15, 0.2) is 55.6 Å². The Hall–Kier alpha value is -2.93. The van der Waals surface area contributed by atoms with Gasteiger partial charge in [0.25, 0.3) is 0 Å². The second kappa shape index (κ2) is 15.8. The Bertz CT molecular complexity index is 735. The third-order valence-electron chi connectivity index (χ3n) is 4.88. The maximum Gasteiger partial charge on any atom is 0.306 e. The van der Waals surface area contributed by atoms with Crippen LogP contribution >= 0.6 is 0 Å². The van der Waals surface area contributed by atoms with Crippen LogP contribution < -0.4 is 10.6 Å². The van der Waals surface area contributed by atoms with E-state index in [1.165, 1.54) is 0 Å². The molecule has 0 saturated carbocycles. The van der Waals surface area contributed by atoms with Crippen LogP contribution in [0.25, 0.3) is 0 Å². The number of rotatable bonds is 16. The van der Waals surface area contributed by atoms with Gasteiger partial charge in [-0.3, -0.25) is 14.4 Å². The molecule has 2 amide bonds. The van der Waals surface area contributed by atoms with Gasteiger partial charge in [0.15, 0.2) is 0 Å². The van der Waals surface area contributed by atoms with Crippen LogP contribution in [0, 0.1) is 5.92 Å². The van der Waals surface area contributed by atoms with E-state index in [9.17, 15) is 14.4 Å². The number of carbonyl (C=O) groups is 3. The minimum absolute atomic E-state index is 0.0265. The number of hydrogen-bond donors (Lipinski definition) is 3. The molecule has 0 unspecified atom stereocenters. The summed E-state index contributed by atoms with van der Waals surface area (Å²) in [6.45, 7) is 8.93. The molecule has 0 fully saturated rings. The van der Waals surface area contributed by atoms with Crippen LogP contribution in [0.3, 0.4) is 0 Å². The van der Waals surface area contributed by atoms with E-state index in [-0.39, 0.29) is 43.4 Å². The van der Waals surface area contributed by atoms with Crippen molar-refractivity contribution in [2.45, 2.75) is 57.6 Å². The van der Waals surface area contributed by atoms with Crippen molar-refractivity contribution < 1.29 is 24.2 Å². The summed E-state index contributed by atoms with van der Waals surface area (Å²) in [6, 6.07) is 8.84. The molecule has 1 rings (SSSR count). The van der Waals surface area contributed by atoms with Gasteiger partial charge in [0, 0.05) is 18.9 Å². The van der Waals surface area contributed by atoms with Crippen molar-refractivity contribution in [1.82, 2.24) is 10.6 Å². The minimum Gasteiger partial charge on any atom is -0.456 e. The molecule has 0 aliphatic carbocycles. The van der Waals surface area contributed by atoms with Crippen LogP contribution in [-0.4, -0.2) is 42.1 Å². The van der Waals surface area contributed by atoms with E-state index in [4.69, 9.17) is 9.84 Å². The number of benzene rings is 1. The van der Waals surface area contributed by atoms with E-state index in [0.717, 1.165) is 18.4 Å². The molecule has 0 aliphatic rings. The molecule has 1 aromatic rings. The predicted octanol–water partition coefficient (Wildman–Crippen LogP) is 3.21. The van der Waals surface area contributed by atoms with Crippen LogP contribution in [-0.2, 0) is 19.1 Å². The average Bonchev–Trinajstić information content (AvgIpc) is 2.79. The van der Waals surface area contributed by atoms with Crippen LogP contribution in [0.4, 0.5) is 0 Å². The van der Waals surface area contributed by atoms with E-state index in [1.807, 2.05) is 36.4 Å². The van der Waals surface area contributed by atoms with E-state index >= 15 is 0 Å². The lowest BCUT2D eigenvalue weighted by Crippen LogP contribution is -2.40. The highest BCUT2D eigenvalue weighted by Crippen LogP contribution is 2.19. The lowest BCUT2D eigenvalue weighted by atomic mass is 9.99. The van der Waals surface area contributed by atoms with E-state index in [2.05, 4.69) is 23.8 Å². The number of aliphatic hydroxyl groups excluding tert-OH is 1. The number of nitrogens with one attached hydrogen (secondary N) is 2. The molecule has 3 N–H and O–H groups in total. The van der Waals surface area contributed by atoms with Crippen LogP contribution in [0.2, 0.25) is 0 Å². The number of aliphatic hydroxyl groups is 1. The fourth-order valence-electron chi connectivity index (χ4n) is 3.10. The van der Waals surface area contributed by atoms with Crippen molar-refractivity contribution in [1.29, 1.82) is 0 Å². The Labute approximate surface area is 190 Å². The first-order valence-corrected chi connectivity index (χ1v) is 11.0. The second-order valence-electron chi connectivity index (χ2n) is 7.75. The maximum absolute atomic E-state index is 12.8. The number of ether oxygens (including phenoxy) is 1. The van der Waals surface area contributed by atoms with E-state index in [0.29, 0.717) is 19.3 Å². The van der Waals surface area contributed by atoms with Gasteiger partial charge in [0.2, 0.25) is 11.8 Å². The molecule has 0 heterocycles. The van der Waals surface area contributed by atoms with Crippen molar-refractivity contribution in [3.8, 4) is 0 Å². The summed E-state index contributed by atoms with van der Waals surface area (Å²) >= 11 is 0. The largest absolute Gasteiger partial charge is 0.456 e. The molecule has 1 aromatic carbocycles. The fraction of sp³-hybridized carbons (Fsp3) is 0.480. The molecular weight excluding hydrogens is 408 g/mol. The Kier molecular flexibility index (Phi) is 13.4. The lowest BCUT2D eigenvalue weighted by molar-refractivity contribution is -0.150.